The van der Waals surface area contributed by atoms with Gasteiger partial charge in [-0.05, 0) is 31.0 Å². The number of carbonyl (C=O) groups excluding carboxylic acids is 1. The van der Waals surface area contributed by atoms with Crippen LogP contribution in [0.5, 0.6) is 5.75 Å². The Morgan fingerprint density at radius 1 is 1.03 bits per heavy atom. The molecule has 0 spiro atoms. The van der Waals surface area contributed by atoms with E-state index in [-0.39, 0.29) is 5.91 Å². The van der Waals surface area contributed by atoms with Crippen LogP contribution in [0, 0.1) is 0 Å². The number of benzene rings is 2. The van der Waals surface area contributed by atoms with E-state index in [0.717, 1.165) is 52.7 Å². The second-order valence-corrected chi connectivity index (χ2v) is 8.51. The number of aromatic nitrogens is 1. The predicted octanol–water partition coefficient (Wildman–Crippen LogP) is 6.56. The lowest BCUT2D eigenvalue weighted by atomic mass is 10.1. The van der Waals surface area contributed by atoms with E-state index in [1.165, 1.54) is 12.8 Å². The number of thiazole rings is 1. The second-order valence-electron chi connectivity index (χ2n) is 7.65. The molecule has 1 aliphatic rings. The Labute approximate surface area is 182 Å². The molecule has 3 aromatic rings. The van der Waals surface area contributed by atoms with Gasteiger partial charge in [-0.2, -0.15) is 0 Å². The number of nitrogens with zero attached hydrogens (tertiary/aromatic N) is 2. The van der Waals surface area contributed by atoms with Gasteiger partial charge in [0.15, 0.2) is 6.10 Å². The van der Waals surface area contributed by atoms with Gasteiger partial charge in [-0.15, -0.1) is 11.3 Å². The van der Waals surface area contributed by atoms with Crippen LogP contribution in [0.1, 0.15) is 46.0 Å². The van der Waals surface area contributed by atoms with Gasteiger partial charge in [-0.3, -0.25) is 4.79 Å². The number of unbranched alkanes of at least 4 members (excludes halogenated alkanes) is 3. The number of fused-ring (bicyclic) bond motifs is 1. The first-order valence-electron chi connectivity index (χ1n) is 10.8. The summed E-state index contributed by atoms with van der Waals surface area (Å²) >= 11 is 1.64. The molecule has 30 heavy (non-hydrogen) atoms. The molecule has 2 aromatic carbocycles. The van der Waals surface area contributed by atoms with Crippen molar-refractivity contribution in [2.75, 3.05) is 11.4 Å². The topological polar surface area (TPSA) is 42.4 Å². The number of hydrogen-bond acceptors (Lipinski definition) is 4. The average molecular weight is 421 g/mol. The molecule has 0 saturated heterocycles. The van der Waals surface area contributed by atoms with Crippen molar-refractivity contribution in [1.82, 2.24) is 4.98 Å². The number of carbonyl (C=O) groups is 1. The van der Waals surface area contributed by atoms with Crippen molar-refractivity contribution in [3.8, 4) is 27.6 Å². The van der Waals surface area contributed by atoms with Crippen molar-refractivity contribution in [3.63, 3.8) is 0 Å². The molecular formula is C25H28N2O2S. The third-order valence-corrected chi connectivity index (χ3v) is 6.38. The molecule has 1 amide bonds. The summed E-state index contributed by atoms with van der Waals surface area (Å²) in [6, 6.07) is 16.3. The van der Waals surface area contributed by atoms with Crippen molar-refractivity contribution in [2.45, 2.75) is 52.1 Å². The molecule has 0 aliphatic carbocycles. The lowest BCUT2D eigenvalue weighted by Gasteiger charge is -2.34. The van der Waals surface area contributed by atoms with E-state index in [9.17, 15) is 4.79 Å². The van der Waals surface area contributed by atoms with Gasteiger partial charge in [0.05, 0.1) is 11.4 Å². The highest BCUT2D eigenvalue weighted by Crippen LogP contribution is 2.39. The van der Waals surface area contributed by atoms with E-state index in [1.54, 1.807) is 11.3 Å². The van der Waals surface area contributed by atoms with E-state index in [0.29, 0.717) is 6.42 Å². The second kappa shape index (κ2) is 9.43. The molecule has 1 unspecified atom stereocenters. The molecule has 0 bridgehead atoms. The van der Waals surface area contributed by atoms with Crippen LogP contribution < -0.4 is 9.64 Å². The van der Waals surface area contributed by atoms with Gasteiger partial charge < -0.3 is 9.64 Å². The monoisotopic (exact) mass is 420 g/mol. The quantitative estimate of drug-likeness (QED) is 0.388. The van der Waals surface area contributed by atoms with Gasteiger partial charge in [0.25, 0.3) is 5.91 Å². The van der Waals surface area contributed by atoms with Crippen molar-refractivity contribution < 1.29 is 9.53 Å². The Balaban J connectivity index is 1.63. The molecule has 1 atom stereocenters. The summed E-state index contributed by atoms with van der Waals surface area (Å²) in [5.74, 6) is 0.862. The van der Waals surface area contributed by atoms with Crippen LogP contribution in [-0.2, 0) is 4.79 Å². The molecule has 0 radical (unpaired) electrons. The van der Waals surface area contributed by atoms with Gasteiger partial charge in [-0.1, -0.05) is 63.4 Å². The van der Waals surface area contributed by atoms with Crippen LogP contribution in [0.25, 0.3) is 21.8 Å². The molecule has 0 saturated carbocycles. The molecule has 4 rings (SSSR count). The number of rotatable bonds is 8. The summed E-state index contributed by atoms with van der Waals surface area (Å²) < 4.78 is 6.01. The first-order valence-corrected chi connectivity index (χ1v) is 11.7. The molecule has 1 aromatic heterocycles. The number of anilines is 1. The Bertz CT molecular complexity index is 999. The van der Waals surface area contributed by atoms with Crippen LogP contribution in [0.4, 0.5) is 5.69 Å². The molecular weight excluding hydrogens is 392 g/mol. The SMILES string of the molecule is CCCCCCN1C(=O)C(CC)Oc2ccc(-c3csc(-c4ccccc4)n3)cc21. The summed E-state index contributed by atoms with van der Waals surface area (Å²) in [7, 11) is 0. The minimum absolute atomic E-state index is 0.0712. The maximum Gasteiger partial charge on any atom is 0.268 e. The minimum Gasteiger partial charge on any atom is -0.478 e. The number of hydrogen-bond donors (Lipinski definition) is 0. The fraction of sp³-hybridized carbons (Fsp3) is 0.360. The molecule has 2 heterocycles. The van der Waals surface area contributed by atoms with Gasteiger partial charge in [0.1, 0.15) is 10.8 Å². The van der Waals surface area contributed by atoms with Crippen LogP contribution in [0.2, 0.25) is 0 Å². The first kappa shape index (κ1) is 20.6. The summed E-state index contributed by atoms with van der Waals surface area (Å²) in [5, 5.41) is 3.08. The van der Waals surface area contributed by atoms with Crippen molar-refractivity contribution in [2.24, 2.45) is 0 Å². The molecule has 4 nitrogen and oxygen atoms in total. The van der Waals surface area contributed by atoms with Gasteiger partial charge >= 0.3 is 0 Å². The summed E-state index contributed by atoms with van der Waals surface area (Å²) in [6.45, 7) is 4.94. The zero-order chi connectivity index (χ0) is 20.9. The zero-order valence-electron chi connectivity index (χ0n) is 17.6. The number of amides is 1. The Morgan fingerprint density at radius 3 is 2.63 bits per heavy atom. The fourth-order valence-electron chi connectivity index (χ4n) is 3.79. The predicted molar refractivity (Wildman–Crippen MR) is 124 cm³/mol. The molecule has 0 fully saturated rings. The Kier molecular flexibility index (Phi) is 6.48. The summed E-state index contributed by atoms with van der Waals surface area (Å²) in [5.41, 5.74) is 3.93. The van der Waals surface area contributed by atoms with Gasteiger partial charge in [0.2, 0.25) is 0 Å². The van der Waals surface area contributed by atoms with Crippen molar-refractivity contribution >= 4 is 22.9 Å². The third-order valence-electron chi connectivity index (χ3n) is 5.49. The van der Waals surface area contributed by atoms with Crippen LogP contribution in [-0.4, -0.2) is 23.5 Å². The molecule has 1 aliphatic heterocycles. The first-order chi connectivity index (χ1) is 14.7. The Morgan fingerprint density at radius 2 is 1.87 bits per heavy atom. The van der Waals surface area contributed by atoms with Gasteiger partial charge in [-0.25, -0.2) is 4.98 Å². The molecule has 0 N–H and O–H groups in total. The number of ether oxygens (including phenoxy) is 1. The highest BCUT2D eigenvalue weighted by atomic mass is 32.1. The van der Waals surface area contributed by atoms with Gasteiger partial charge in [0, 0.05) is 23.1 Å². The van der Waals surface area contributed by atoms with E-state index >= 15 is 0 Å². The van der Waals surface area contributed by atoms with Crippen LogP contribution in [0.3, 0.4) is 0 Å². The van der Waals surface area contributed by atoms with Crippen molar-refractivity contribution in [3.05, 3.63) is 53.9 Å². The lowest BCUT2D eigenvalue weighted by molar-refractivity contribution is -0.126. The maximum absolute atomic E-state index is 13.0. The van der Waals surface area contributed by atoms with E-state index in [4.69, 9.17) is 9.72 Å². The highest BCUT2D eigenvalue weighted by Gasteiger charge is 2.33. The fourth-order valence-corrected chi connectivity index (χ4v) is 4.62. The summed E-state index contributed by atoms with van der Waals surface area (Å²) in [4.78, 5) is 19.8. The lowest BCUT2D eigenvalue weighted by Crippen LogP contribution is -2.46. The largest absolute Gasteiger partial charge is 0.478 e. The standard InChI is InChI=1S/C25H28N2O2S/c1-3-5-6-10-15-27-21-16-19(13-14-23(21)29-22(4-2)25(27)28)20-17-30-24(26-20)18-11-8-7-9-12-18/h7-9,11-14,16-17,22H,3-6,10,15H2,1-2H3. The molecule has 5 heteroatoms. The minimum atomic E-state index is -0.390. The Hall–Kier alpha value is -2.66. The van der Waals surface area contributed by atoms with Crippen LogP contribution in [0.15, 0.2) is 53.9 Å². The normalized spacial score (nSPS) is 15.7. The van der Waals surface area contributed by atoms with E-state index in [1.807, 2.05) is 42.2 Å². The smallest absolute Gasteiger partial charge is 0.268 e. The third kappa shape index (κ3) is 4.26. The van der Waals surface area contributed by atoms with E-state index in [2.05, 4.69) is 30.5 Å². The molecule has 156 valence electrons. The maximum atomic E-state index is 13.0. The van der Waals surface area contributed by atoms with Crippen molar-refractivity contribution in [1.29, 1.82) is 0 Å². The highest BCUT2D eigenvalue weighted by molar-refractivity contribution is 7.13. The summed E-state index contributed by atoms with van der Waals surface area (Å²) in [6.07, 6.45) is 4.82. The van der Waals surface area contributed by atoms with Crippen LogP contribution >= 0.6 is 11.3 Å². The zero-order valence-corrected chi connectivity index (χ0v) is 18.5. The van der Waals surface area contributed by atoms with E-state index < -0.39 is 6.10 Å². The average Bonchev–Trinajstić information content (AvgIpc) is 3.28.